The van der Waals surface area contributed by atoms with Gasteiger partial charge >= 0.3 is 0 Å². The smallest absolute Gasteiger partial charge is 0.104 e. The van der Waals surface area contributed by atoms with Crippen LogP contribution in [0.1, 0.15) is 40.0 Å². The molecular weight excluding hydrogens is 323 g/mol. The molecular formula is C16H22Cl2N2S. The Labute approximate surface area is 142 Å². The van der Waals surface area contributed by atoms with Gasteiger partial charge in [-0.15, -0.1) is 11.8 Å². The first-order chi connectivity index (χ1) is 9.86. The fourth-order valence-corrected chi connectivity index (χ4v) is 3.45. The first kappa shape index (κ1) is 18.6. The molecule has 2 nitrogen and oxygen atoms in total. The molecule has 1 atom stereocenters. The molecule has 0 saturated carbocycles. The Morgan fingerprint density at radius 3 is 2.57 bits per heavy atom. The van der Waals surface area contributed by atoms with E-state index in [1.54, 1.807) is 11.8 Å². The molecule has 116 valence electrons. The van der Waals surface area contributed by atoms with Crippen LogP contribution < -0.4 is 5.32 Å². The zero-order valence-corrected chi connectivity index (χ0v) is 15.1. The number of unbranched alkanes of at least 4 members (excludes halogenated alkanes) is 1. The van der Waals surface area contributed by atoms with E-state index in [9.17, 15) is 5.26 Å². The first-order valence-electron chi connectivity index (χ1n) is 7.13. The summed E-state index contributed by atoms with van der Waals surface area (Å²) >= 11 is 13.7. The fourth-order valence-electron chi connectivity index (χ4n) is 2.13. The standard InChI is InChI=1S/C16H22Cl2N2S/c1-12(2)20-16(3,11-19)8-4-5-9-21-13-6-7-14(17)15(18)10-13/h6-7,10,12,20H,4-5,8-9H2,1-3H3. The third-order valence-corrected chi connectivity index (χ3v) is 4.90. The highest BCUT2D eigenvalue weighted by Gasteiger charge is 2.23. The molecule has 0 saturated heterocycles. The van der Waals surface area contributed by atoms with Gasteiger partial charge in [-0.3, -0.25) is 5.32 Å². The highest BCUT2D eigenvalue weighted by Crippen LogP contribution is 2.28. The molecule has 0 aromatic heterocycles. The Morgan fingerprint density at radius 1 is 1.29 bits per heavy atom. The highest BCUT2D eigenvalue weighted by molar-refractivity contribution is 7.99. The van der Waals surface area contributed by atoms with Crippen LogP contribution in [0.2, 0.25) is 10.0 Å². The second-order valence-corrected chi connectivity index (χ2v) is 7.61. The van der Waals surface area contributed by atoms with Crippen LogP contribution in [-0.2, 0) is 0 Å². The quantitative estimate of drug-likeness (QED) is 0.497. The van der Waals surface area contributed by atoms with Gasteiger partial charge in [0.1, 0.15) is 5.54 Å². The van der Waals surface area contributed by atoms with E-state index in [0.717, 1.165) is 29.9 Å². The van der Waals surface area contributed by atoms with Gasteiger partial charge in [-0.1, -0.05) is 23.2 Å². The molecule has 0 radical (unpaired) electrons. The number of benzene rings is 1. The summed E-state index contributed by atoms with van der Waals surface area (Å²) in [4.78, 5) is 1.13. The Kier molecular flexibility index (Phi) is 7.90. The number of hydrogen-bond acceptors (Lipinski definition) is 3. The van der Waals surface area contributed by atoms with Gasteiger partial charge < -0.3 is 0 Å². The van der Waals surface area contributed by atoms with E-state index in [2.05, 4.69) is 25.2 Å². The van der Waals surface area contributed by atoms with Gasteiger partial charge in [-0.05, 0) is 64.0 Å². The van der Waals surface area contributed by atoms with E-state index in [4.69, 9.17) is 23.2 Å². The van der Waals surface area contributed by atoms with Gasteiger partial charge in [0.15, 0.2) is 0 Å². The molecule has 21 heavy (non-hydrogen) atoms. The molecule has 0 heterocycles. The topological polar surface area (TPSA) is 35.8 Å². The summed E-state index contributed by atoms with van der Waals surface area (Å²) in [5, 5.41) is 13.8. The van der Waals surface area contributed by atoms with E-state index in [1.807, 2.05) is 25.1 Å². The average molecular weight is 345 g/mol. The van der Waals surface area contributed by atoms with Crippen molar-refractivity contribution in [1.82, 2.24) is 5.32 Å². The summed E-state index contributed by atoms with van der Waals surface area (Å²) < 4.78 is 0. The van der Waals surface area contributed by atoms with E-state index in [-0.39, 0.29) is 0 Å². The van der Waals surface area contributed by atoms with Gasteiger partial charge in [0.05, 0.1) is 16.1 Å². The van der Waals surface area contributed by atoms with Gasteiger partial charge in [0, 0.05) is 10.9 Å². The van der Waals surface area contributed by atoms with Crippen molar-refractivity contribution in [2.24, 2.45) is 0 Å². The van der Waals surface area contributed by atoms with Crippen molar-refractivity contribution < 1.29 is 0 Å². The molecule has 0 amide bonds. The molecule has 1 aromatic rings. The predicted molar refractivity (Wildman–Crippen MR) is 93.3 cm³/mol. The summed E-state index contributed by atoms with van der Waals surface area (Å²) in [6, 6.07) is 8.41. The molecule has 1 rings (SSSR count). The summed E-state index contributed by atoms with van der Waals surface area (Å²) in [6.45, 7) is 6.10. The lowest BCUT2D eigenvalue weighted by atomic mass is 9.96. The zero-order valence-electron chi connectivity index (χ0n) is 12.7. The van der Waals surface area contributed by atoms with Crippen LogP contribution in [0.25, 0.3) is 0 Å². The number of nitriles is 1. The molecule has 1 N–H and O–H groups in total. The summed E-state index contributed by atoms with van der Waals surface area (Å²) in [7, 11) is 0. The van der Waals surface area contributed by atoms with Crippen LogP contribution in [0.3, 0.4) is 0 Å². The van der Waals surface area contributed by atoms with Crippen LogP contribution >= 0.6 is 35.0 Å². The molecule has 0 aliphatic heterocycles. The third kappa shape index (κ3) is 6.93. The Hall–Kier alpha value is -0.400. The second kappa shape index (κ2) is 8.90. The molecule has 0 fully saturated rings. The maximum absolute atomic E-state index is 9.28. The molecule has 5 heteroatoms. The highest BCUT2D eigenvalue weighted by atomic mass is 35.5. The lowest BCUT2D eigenvalue weighted by molar-refractivity contribution is 0.372. The van der Waals surface area contributed by atoms with Crippen LogP contribution in [0.15, 0.2) is 23.1 Å². The number of rotatable bonds is 8. The number of thioether (sulfide) groups is 1. The Balaban J connectivity index is 2.31. The summed E-state index contributed by atoms with van der Waals surface area (Å²) in [5.74, 6) is 1.02. The predicted octanol–water partition coefficient (Wildman–Crippen LogP) is 5.54. The largest absolute Gasteiger partial charge is 0.297 e. The van der Waals surface area contributed by atoms with Crippen LogP contribution in [0.5, 0.6) is 0 Å². The SMILES string of the molecule is CC(C)NC(C)(C#N)CCCCSc1ccc(Cl)c(Cl)c1. The molecule has 1 aromatic carbocycles. The average Bonchev–Trinajstić information content (AvgIpc) is 2.41. The minimum absolute atomic E-state index is 0.320. The lowest BCUT2D eigenvalue weighted by Crippen LogP contribution is -2.44. The maximum atomic E-state index is 9.28. The van der Waals surface area contributed by atoms with Gasteiger partial charge in [0.2, 0.25) is 0 Å². The minimum atomic E-state index is -0.428. The summed E-state index contributed by atoms with van der Waals surface area (Å²) in [5.41, 5.74) is -0.428. The Bertz CT molecular complexity index is 500. The monoisotopic (exact) mass is 344 g/mol. The van der Waals surface area contributed by atoms with Crippen molar-refractivity contribution in [3.8, 4) is 6.07 Å². The maximum Gasteiger partial charge on any atom is 0.104 e. The van der Waals surface area contributed by atoms with Crippen molar-refractivity contribution in [1.29, 1.82) is 5.26 Å². The number of halogens is 2. The van der Waals surface area contributed by atoms with Crippen LogP contribution in [0, 0.1) is 11.3 Å². The number of nitrogens with zero attached hydrogens (tertiary/aromatic N) is 1. The number of hydrogen-bond donors (Lipinski definition) is 1. The van der Waals surface area contributed by atoms with Crippen LogP contribution in [0.4, 0.5) is 0 Å². The normalized spacial score (nSPS) is 14.0. The molecule has 0 spiro atoms. The van der Waals surface area contributed by atoms with Crippen molar-refractivity contribution in [3.63, 3.8) is 0 Å². The van der Waals surface area contributed by atoms with Gasteiger partial charge in [0.25, 0.3) is 0 Å². The van der Waals surface area contributed by atoms with E-state index in [0.29, 0.717) is 16.1 Å². The van der Waals surface area contributed by atoms with Crippen molar-refractivity contribution in [3.05, 3.63) is 28.2 Å². The van der Waals surface area contributed by atoms with Crippen LogP contribution in [-0.4, -0.2) is 17.3 Å². The van der Waals surface area contributed by atoms with Crippen molar-refractivity contribution in [2.45, 2.75) is 56.5 Å². The van der Waals surface area contributed by atoms with E-state index >= 15 is 0 Å². The summed E-state index contributed by atoms with van der Waals surface area (Å²) in [6.07, 6.45) is 2.96. The van der Waals surface area contributed by atoms with E-state index in [1.165, 1.54) is 0 Å². The van der Waals surface area contributed by atoms with E-state index < -0.39 is 5.54 Å². The van der Waals surface area contributed by atoms with Crippen molar-refractivity contribution >= 4 is 35.0 Å². The zero-order chi connectivity index (χ0) is 15.9. The van der Waals surface area contributed by atoms with Gasteiger partial charge in [-0.25, -0.2) is 0 Å². The molecule has 0 aliphatic carbocycles. The van der Waals surface area contributed by atoms with Crippen molar-refractivity contribution in [2.75, 3.05) is 5.75 Å². The molecule has 0 aliphatic rings. The minimum Gasteiger partial charge on any atom is -0.297 e. The third-order valence-electron chi connectivity index (χ3n) is 3.08. The fraction of sp³-hybridized carbons (Fsp3) is 0.562. The molecule has 1 unspecified atom stereocenters. The number of nitrogens with one attached hydrogen (secondary N) is 1. The van der Waals surface area contributed by atoms with Gasteiger partial charge in [-0.2, -0.15) is 5.26 Å². The Morgan fingerprint density at radius 2 is 2.00 bits per heavy atom. The second-order valence-electron chi connectivity index (χ2n) is 5.62. The molecule has 0 bridgehead atoms. The first-order valence-corrected chi connectivity index (χ1v) is 8.87. The lowest BCUT2D eigenvalue weighted by Gasteiger charge is -2.25.